The lowest BCUT2D eigenvalue weighted by molar-refractivity contribution is -0.138. The van der Waals surface area contributed by atoms with Gasteiger partial charge in [-0.25, -0.2) is 4.39 Å². The Morgan fingerprint density at radius 1 is 1.63 bits per heavy atom. The minimum atomic E-state index is -0.737. The quantitative estimate of drug-likeness (QED) is 0.909. The molecule has 1 aliphatic rings. The van der Waals surface area contributed by atoms with Crippen molar-refractivity contribution in [2.45, 2.75) is 32.2 Å². The summed E-state index contributed by atoms with van der Waals surface area (Å²) in [4.78, 5) is 17.1. The summed E-state index contributed by atoms with van der Waals surface area (Å²) in [5.74, 6) is -0.869. The lowest BCUT2D eigenvalue weighted by Gasteiger charge is -2.36. The molecule has 2 unspecified atom stereocenters. The van der Waals surface area contributed by atoms with Gasteiger partial charge in [0.25, 0.3) is 0 Å². The summed E-state index contributed by atoms with van der Waals surface area (Å²) < 4.78 is 12.9. The van der Waals surface area contributed by atoms with Gasteiger partial charge in [-0.15, -0.1) is 0 Å². The molecule has 4 nitrogen and oxygen atoms in total. The smallest absolute Gasteiger partial charge is 0.303 e. The van der Waals surface area contributed by atoms with Gasteiger partial charge in [-0.2, -0.15) is 0 Å². The molecule has 1 saturated heterocycles. The van der Waals surface area contributed by atoms with Crippen molar-refractivity contribution in [2.24, 2.45) is 5.92 Å². The Hall–Kier alpha value is -1.49. The van der Waals surface area contributed by atoms with Gasteiger partial charge < -0.3 is 5.11 Å². The maximum atomic E-state index is 12.9. The van der Waals surface area contributed by atoms with E-state index in [2.05, 4.69) is 9.88 Å². The van der Waals surface area contributed by atoms with Crippen LogP contribution in [0.3, 0.4) is 0 Å². The largest absolute Gasteiger partial charge is 0.481 e. The van der Waals surface area contributed by atoms with E-state index in [4.69, 9.17) is 5.11 Å². The van der Waals surface area contributed by atoms with Gasteiger partial charge in [0.1, 0.15) is 5.82 Å². The monoisotopic (exact) mass is 266 g/mol. The van der Waals surface area contributed by atoms with Crippen LogP contribution in [0.2, 0.25) is 0 Å². The highest BCUT2D eigenvalue weighted by Crippen LogP contribution is 2.27. The Labute approximate surface area is 112 Å². The van der Waals surface area contributed by atoms with Crippen LogP contribution in [0.15, 0.2) is 18.3 Å². The van der Waals surface area contributed by atoms with E-state index in [1.54, 1.807) is 6.07 Å². The molecule has 1 aromatic rings. The number of carbonyl (C=O) groups is 1. The number of piperidine rings is 1. The first kappa shape index (κ1) is 13.9. The first-order chi connectivity index (χ1) is 9.06. The molecule has 0 aromatic carbocycles. The number of halogens is 1. The zero-order chi connectivity index (χ0) is 13.8. The van der Waals surface area contributed by atoms with E-state index in [9.17, 15) is 9.18 Å². The SMILES string of the molecule is CC(c1ccc(F)cn1)N1CCCC(CC(=O)O)C1. The number of hydrogen-bond acceptors (Lipinski definition) is 3. The standard InChI is InChI=1S/C14H19FN2O2/c1-10(13-5-4-12(15)8-16-13)17-6-2-3-11(9-17)7-14(18)19/h4-5,8,10-11H,2-3,6-7,9H2,1H3,(H,18,19). The highest BCUT2D eigenvalue weighted by Gasteiger charge is 2.26. The molecule has 0 bridgehead atoms. The summed E-state index contributed by atoms with van der Waals surface area (Å²) in [5, 5.41) is 8.87. The Kier molecular flexibility index (Phi) is 4.47. The summed E-state index contributed by atoms with van der Waals surface area (Å²) in [6.07, 6.45) is 3.42. The van der Waals surface area contributed by atoms with Crippen LogP contribution in [0.4, 0.5) is 4.39 Å². The fourth-order valence-corrected chi connectivity index (χ4v) is 2.68. The first-order valence-electron chi connectivity index (χ1n) is 6.63. The number of pyridine rings is 1. The summed E-state index contributed by atoms with van der Waals surface area (Å²) in [6.45, 7) is 3.74. The van der Waals surface area contributed by atoms with Gasteiger partial charge in [0.2, 0.25) is 0 Å². The van der Waals surface area contributed by atoms with Gasteiger partial charge in [0.15, 0.2) is 0 Å². The molecule has 104 valence electrons. The van der Waals surface area contributed by atoms with E-state index >= 15 is 0 Å². The second-order valence-electron chi connectivity index (χ2n) is 5.18. The molecule has 19 heavy (non-hydrogen) atoms. The van der Waals surface area contributed by atoms with Crippen LogP contribution in [0.25, 0.3) is 0 Å². The zero-order valence-electron chi connectivity index (χ0n) is 11.1. The molecular weight excluding hydrogens is 247 g/mol. The summed E-state index contributed by atoms with van der Waals surface area (Å²) in [7, 11) is 0. The minimum Gasteiger partial charge on any atom is -0.481 e. The lowest BCUT2D eigenvalue weighted by atomic mass is 9.93. The van der Waals surface area contributed by atoms with E-state index in [-0.39, 0.29) is 24.2 Å². The third-order valence-corrected chi connectivity index (χ3v) is 3.74. The Morgan fingerprint density at radius 2 is 2.42 bits per heavy atom. The fraction of sp³-hybridized carbons (Fsp3) is 0.571. The van der Waals surface area contributed by atoms with Gasteiger partial charge in [-0.3, -0.25) is 14.7 Å². The van der Waals surface area contributed by atoms with Crippen LogP contribution >= 0.6 is 0 Å². The van der Waals surface area contributed by atoms with E-state index < -0.39 is 5.97 Å². The van der Waals surface area contributed by atoms with E-state index in [1.807, 2.05) is 6.92 Å². The van der Waals surface area contributed by atoms with Crippen molar-refractivity contribution in [3.63, 3.8) is 0 Å². The predicted octanol–water partition coefficient (Wildman–Crippen LogP) is 2.47. The van der Waals surface area contributed by atoms with Crippen molar-refractivity contribution in [2.75, 3.05) is 13.1 Å². The minimum absolute atomic E-state index is 0.0946. The highest BCUT2D eigenvalue weighted by molar-refractivity contribution is 5.67. The summed E-state index contributed by atoms with van der Waals surface area (Å²) >= 11 is 0. The summed E-state index contributed by atoms with van der Waals surface area (Å²) in [6, 6.07) is 3.20. The van der Waals surface area contributed by atoms with Crippen molar-refractivity contribution in [3.8, 4) is 0 Å². The molecule has 5 heteroatoms. The maximum absolute atomic E-state index is 12.9. The Balaban J connectivity index is 2.00. The molecule has 0 aliphatic carbocycles. The van der Waals surface area contributed by atoms with E-state index in [0.717, 1.165) is 31.6 Å². The van der Waals surface area contributed by atoms with Gasteiger partial charge >= 0.3 is 5.97 Å². The van der Waals surface area contributed by atoms with Gasteiger partial charge in [0, 0.05) is 19.0 Å². The van der Waals surface area contributed by atoms with Crippen LogP contribution in [-0.2, 0) is 4.79 Å². The lowest BCUT2D eigenvalue weighted by Crippen LogP contribution is -2.38. The molecule has 2 atom stereocenters. The van der Waals surface area contributed by atoms with Gasteiger partial charge in [0.05, 0.1) is 11.9 Å². The third kappa shape index (κ3) is 3.73. The number of carboxylic acid groups (broad SMARTS) is 1. The molecule has 1 N–H and O–H groups in total. The molecule has 1 fully saturated rings. The van der Waals surface area contributed by atoms with Crippen LogP contribution in [0, 0.1) is 11.7 Å². The number of likely N-dealkylation sites (tertiary alicyclic amines) is 1. The fourth-order valence-electron chi connectivity index (χ4n) is 2.68. The average molecular weight is 266 g/mol. The second kappa shape index (κ2) is 6.10. The Morgan fingerprint density at radius 3 is 3.05 bits per heavy atom. The molecular formula is C14H19FN2O2. The highest BCUT2D eigenvalue weighted by atomic mass is 19.1. The number of aliphatic carboxylic acids is 1. The maximum Gasteiger partial charge on any atom is 0.303 e. The number of hydrogen-bond donors (Lipinski definition) is 1. The number of carboxylic acids is 1. The van der Waals surface area contributed by atoms with Crippen molar-refractivity contribution < 1.29 is 14.3 Å². The second-order valence-corrected chi connectivity index (χ2v) is 5.18. The molecule has 1 aromatic heterocycles. The molecule has 2 rings (SSSR count). The molecule has 0 amide bonds. The van der Waals surface area contributed by atoms with E-state index in [1.165, 1.54) is 12.3 Å². The molecule has 1 aliphatic heterocycles. The Bertz CT molecular complexity index is 436. The van der Waals surface area contributed by atoms with Gasteiger partial charge in [-0.05, 0) is 44.4 Å². The number of nitrogens with zero attached hydrogens (tertiary/aromatic N) is 2. The van der Waals surface area contributed by atoms with Crippen molar-refractivity contribution in [3.05, 3.63) is 29.8 Å². The van der Waals surface area contributed by atoms with Crippen molar-refractivity contribution in [1.29, 1.82) is 0 Å². The zero-order valence-corrected chi connectivity index (χ0v) is 11.1. The van der Waals surface area contributed by atoms with Crippen LogP contribution in [0.1, 0.15) is 37.9 Å². The van der Waals surface area contributed by atoms with Crippen LogP contribution in [-0.4, -0.2) is 34.0 Å². The molecule has 0 saturated carbocycles. The number of aromatic nitrogens is 1. The molecule has 0 spiro atoms. The van der Waals surface area contributed by atoms with Crippen molar-refractivity contribution >= 4 is 5.97 Å². The van der Waals surface area contributed by atoms with Crippen LogP contribution < -0.4 is 0 Å². The molecule has 2 heterocycles. The third-order valence-electron chi connectivity index (χ3n) is 3.74. The van der Waals surface area contributed by atoms with Gasteiger partial charge in [-0.1, -0.05) is 0 Å². The van der Waals surface area contributed by atoms with Crippen molar-refractivity contribution in [1.82, 2.24) is 9.88 Å². The topological polar surface area (TPSA) is 53.4 Å². The predicted molar refractivity (Wildman–Crippen MR) is 69.2 cm³/mol. The average Bonchev–Trinajstić information content (AvgIpc) is 2.38. The number of rotatable bonds is 4. The first-order valence-corrected chi connectivity index (χ1v) is 6.63. The van der Waals surface area contributed by atoms with E-state index in [0.29, 0.717) is 0 Å². The van der Waals surface area contributed by atoms with Crippen LogP contribution in [0.5, 0.6) is 0 Å². The summed E-state index contributed by atoms with van der Waals surface area (Å²) in [5.41, 5.74) is 0.831. The molecule has 0 radical (unpaired) electrons. The normalized spacial score (nSPS) is 22.1.